The molecule has 2 aromatic heterocycles. The van der Waals surface area contributed by atoms with E-state index < -0.39 is 0 Å². The molecule has 1 saturated heterocycles. The maximum Gasteiger partial charge on any atom is 0.159 e. The van der Waals surface area contributed by atoms with Gasteiger partial charge in [0.15, 0.2) is 5.82 Å². The topological polar surface area (TPSA) is 41.2 Å². The van der Waals surface area contributed by atoms with Crippen molar-refractivity contribution in [3.8, 4) is 5.82 Å². The monoisotopic (exact) mass is 373 g/mol. The van der Waals surface area contributed by atoms with E-state index in [0.29, 0.717) is 6.61 Å². The van der Waals surface area contributed by atoms with Crippen LogP contribution in [0.4, 0.5) is 0 Å². The summed E-state index contributed by atoms with van der Waals surface area (Å²) in [5, 5.41) is 5.06. The van der Waals surface area contributed by atoms with E-state index >= 15 is 0 Å². The average Bonchev–Trinajstić information content (AvgIpc) is 3.29. The molecule has 0 amide bonds. The van der Waals surface area contributed by atoms with Crippen molar-refractivity contribution in [2.24, 2.45) is 0 Å². The van der Waals surface area contributed by atoms with Crippen LogP contribution in [0.1, 0.15) is 70.1 Å². The summed E-state index contributed by atoms with van der Waals surface area (Å²) in [7, 11) is 0. The van der Waals surface area contributed by atoms with Gasteiger partial charge in [0.1, 0.15) is 6.10 Å². The molecule has 1 fully saturated rings. The molecule has 1 aliphatic heterocycles. The predicted molar refractivity (Wildman–Crippen MR) is 109 cm³/mol. The summed E-state index contributed by atoms with van der Waals surface area (Å²) >= 11 is 0. The van der Waals surface area contributed by atoms with Crippen molar-refractivity contribution in [2.45, 2.75) is 78.4 Å². The molecule has 0 aliphatic carbocycles. The number of unbranched alkanes of at least 4 members (excludes halogenated alkanes) is 1. The van der Waals surface area contributed by atoms with Gasteiger partial charge in [-0.2, -0.15) is 5.10 Å². The number of ether oxygens (including phenoxy) is 2. The van der Waals surface area contributed by atoms with Crippen molar-refractivity contribution in [1.82, 2.24) is 14.3 Å². The molecule has 5 heteroatoms. The Balaban J connectivity index is 1.91. The molecular weight excluding hydrogens is 338 g/mol. The van der Waals surface area contributed by atoms with Gasteiger partial charge in [0.25, 0.3) is 0 Å². The minimum Gasteiger partial charge on any atom is -0.379 e. The quantitative estimate of drug-likeness (QED) is 0.659. The maximum atomic E-state index is 6.02. The van der Waals surface area contributed by atoms with Gasteiger partial charge in [-0.05, 0) is 38.8 Å². The smallest absolute Gasteiger partial charge is 0.159 e. The number of hydrogen-bond acceptors (Lipinski definition) is 3. The lowest BCUT2D eigenvalue weighted by molar-refractivity contribution is 0.000927. The summed E-state index contributed by atoms with van der Waals surface area (Å²) in [6, 6.07) is 6.76. The Labute approximate surface area is 163 Å². The lowest BCUT2D eigenvalue weighted by Gasteiger charge is -2.26. The van der Waals surface area contributed by atoms with Gasteiger partial charge in [-0.1, -0.05) is 34.1 Å². The summed E-state index contributed by atoms with van der Waals surface area (Å²) in [5.41, 5.74) is 3.68. The zero-order valence-corrected chi connectivity index (χ0v) is 17.8. The SMILES string of the molecule is CCCCOC[C@H]1OCC[C@@H]1n1nc(-n2c(C)ccc2C)cc1C(C)(C)C. The first kappa shape index (κ1) is 20.2. The molecule has 0 radical (unpaired) electrons. The number of hydrogen-bond donors (Lipinski definition) is 0. The zero-order valence-electron chi connectivity index (χ0n) is 17.8. The molecule has 1 aliphatic rings. The fraction of sp³-hybridized carbons (Fsp3) is 0.682. The first-order valence-electron chi connectivity index (χ1n) is 10.3. The third-order valence-electron chi connectivity index (χ3n) is 5.40. The van der Waals surface area contributed by atoms with E-state index in [1.165, 1.54) is 17.1 Å². The van der Waals surface area contributed by atoms with Gasteiger partial charge in [0.2, 0.25) is 0 Å². The van der Waals surface area contributed by atoms with Crippen LogP contribution >= 0.6 is 0 Å². The zero-order chi connectivity index (χ0) is 19.6. The van der Waals surface area contributed by atoms with E-state index in [-0.39, 0.29) is 17.6 Å². The summed E-state index contributed by atoms with van der Waals surface area (Å²) in [5.74, 6) is 0.998. The number of rotatable bonds is 7. The molecule has 0 spiro atoms. The van der Waals surface area contributed by atoms with Crippen molar-refractivity contribution in [3.05, 3.63) is 35.3 Å². The normalized spacial score (nSPS) is 20.5. The fourth-order valence-corrected chi connectivity index (χ4v) is 3.86. The summed E-state index contributed by atoms with van der Waals surface area (Å²) in [6.07, 6.45) is 3.31. The largest absolute Gasteiger partial charge is 0.379 e. The highest BCUT2D eigenvalue weighted by molar-refractivity contribution is 5.35. The van der Waals surface area contributed by atoms with Crippen LogP contribution in [0.3, 0.4) is 0 Å². The van der Waals surface area contributed by atoms with Crippen LogP contribution in [0.25, 0.3) is 5.82 Å². The first-order chi connectivity index (χ1) is 12.8. The Bertz CT molecular complexity index is 735. The van der Waals surface area contributed by atoms with E-state index in [4.69, 9.17) is 14.6 Å². The summed E-state index contributed by atoms with van der Waals surface area (Å²) in [4.78, 5) is 0. The summed E-state index contributed by atoms with van der Waals surface area (Å²) < 4.78 is 16.4. The van der Waals surface area contributed by atoms with Crippen LogP contribution in [-0.4, -0.2) is 40.3 Å². The lowest BCUT2D eigenvalue weighted by atomic mass is 9.91. The molecule has 0 unspecified atom stereocenters. The van der Waals surface area contributed by atoms with E-state index in [1.54, 1.807) is 0 Å². The van der Waals surface area contributed by atoms with Crippen molar-refractivity contribution in [3.63, 3.8) is 0 Å². The van der Waals surface area contributed by atoms with Crippen molar-refractivity contribution >= 4 is 0 Å². The highest BCUT2D eigenvalue weighted by Gasteiger charge is 2.35. The lowest BCUT2D eigenvalue weighted by Crippen LogP contribution is -2.30. The Morgan fingerprint density at radius 3 is 2.56 bits per heavy atom. The third-order valence-corrected chi connectivity index (χ3v) is 5.40. The maximum absolute atomic E-state index is 6.02. The highest BCUT2D eigenvalue weighted by atomic mass is 16.5. The van der Waals surface area contributed by atoms with Crippen LogP contribution < -0.4 is 0 Å². The number of aromatic nitrogens is 3. The van der Waals surface area contributed by atoms with Crippen LogP contribution in [-0.2, 0) is 14.9 Å². The Kier molecular flexibility index (Phi) is 6.11. The fourth-order valence-electron chi connectivity index (χ4n) is 3.86. The second kappa shape index (κ2) is 8.19. The average molecular weight is 374 g/mol. The molecule has 0 bridgehead atoms. The minimum atomic E-state index is 0.0103. The minimum absolute atomic E-state index is 0.0103. The van der Waals surface area contributed by atoms with E-state index in [2.05, 4.69) is 69.0 Å². The molecule has 2 aromatic rings. The van der Waals surface area contributed by atoms with E-state index in [9.17, 15) is 0 Å². The molecule has 3 rings (SSSR count). The highest BCUT2D eigenvalue weighted by Crippen LogP contribution is 2.33. The van der Waals surface area contributed by atoms with E-state index in [1.807, 2.05) is 0 Å². The van der Waals surface area contributed by atoms with Crippen LogP contribution in [0.15, 0.2) is 18.2 Å². The van der Waals surface area contributed by atoms with Gasteiger partial charge < -0.3 is 14.0 Å². The van der Waals surface area contributed by atoms with Crippen molar-refractivity contribution < 1.29 is 9.47 Å². The first-order valence-corrected chi connectivity index (χ1v) is 10.3. The van der Waals surface area contributed by atoms with Crippen LogP contribution in [0, 0.1) is 13.8 Å². The second-order valence-electron chi connectivity index (χ2n) is 8.73. The molecule has 5 nitrogen and oxygen atoms in total. The van der Waals surface area contributed by atoms with Gasteiger partial charge in [-0.25, -0.2) is 0 Å². The molecule has 0 saturated carbocycles. The van der Waals surface area contributed by atoms with Gasteiger partial charge in [-0.15, -0.1) is 0 Å². The Hall–Kier alpha value is -1.59. The predicted octanol–water partition coefficient (Wildman–Crippen LogP) is 4.73. The standard InChI is InChI=1S/C22H35N3O2/c1-7-8-12-26-15-19-18(11-13-27-19)25-20(22(4,5)6)14-21(23-25)24-16(2)9-10-17(24)3/h9-10,14,18-19H,7-8,11-13,15H2,1-6H3/t18-,19+/m0/s1. The van der Waals surface area contributed by atoms with E-state index in [0.717, 1.165) is 38.3 Å². The molecule has 2 atom stereocenters. The molecule has 3 heterocycles. The Morgan fingerprint density at radius 1 is 1.22 bits per heavy atom. The number of aryl methyl sites for hydroxylation is 2. The Morgan fingerprint density at radius 2 is 1.93 bits per heavy atom. The molecule has 0 aromatic carbocycles. The van der Waals surface area contributed by atoms with Crippen LogP contribution in [0.5, 0.6) is 0 Å². The molecule has 27 heavy (non-hydrogen) atoms. The second-order valence-corrected chi connectivity index (χ2v) is 8.73. The molecular formula is C22H35N3O2. The molecule has 0 N–H and O–H groups in total. The number of nitrogens with zero attached hydrogens (tertiary/aromatic N) is 3. The van der Waals surface area contributed by atoms with Gasteiger partial charge >= 0.3 is 0 Å². The third kappa shape index (κ3) is 4.30. The molecule has 150 valence electrons. The van der Waals surface area contributed by atoms with Crippen molar-refractivity contribution in [1.29, 1.82) is 0 Å². The van der Waals surface area contributed by atoms with Gasteiger partial charge in [0, 0.05) is 41.8 Å². The van der Waals surface area contributed by atoms with Gasteiger partial charge in [0.05, 0.1) is 12.6 Å². The summed E-state index contributed by atoms with van der Waals surface area (Å²) in [6.45, 7) is 15.4. The van der Waals surface area contributed by atoms with Crippen LogP contribution in [0.2, 0.25) is 0 Å². The van der Waals surface area contributed by atoms with Crippen molar-refractivity contribution in [2.75, 3.05) is 19.8 Å². The van der Waals surface area contributed by atoms with Gasteiger partial charge in [-0.3, -0.25) is 4.68 Å².